The lowest BCUT2D eigenvalue weighted by molar-refractivity contribution is 0.102. The van der Waals surface area contributed by atoms with Gasteiger partial charge >= 0.3 is 0 Å². The molecule has 0 saturated heterocycles. The molecule has 26 heavy (non-hydrogen) atoms. The van der Waals surface area contributed by atoms with Crippen LogP contribution in [0.3, 0.4) is 0 Å². The highest BCUT2D eigenvalue weighted by Gasteiger charge is 2.15. The molecule has 1 amide bonds. The van der Waals surface area contributed by atoms with Crippen LogP contribution in [-0.4, -0.2) is 30.1 Å². The average molecular weight is 390 g/mol. The van der Waals surface area contributed by atoms with E-state index in [-0.39, 0.29) is 15.5 Å². The number of aryl methyl sites for hydroxylation is 1. The van der Waals surface area contributed by atoms with Crippen molar-refractivity contribution in [3.63, 3.8) is 0 Å². The number of hydrogen-bond donors (Lipinski definition) is 1. The number of aromatic nitrogens is 2. The number of halogens is 1. The van der Waals surface area contributed by atoms with Crippen LogP contribution in [0.5, 0.6) is 0 Å². The summed E-state index contributed by atoms with van der Waals surface area (Å²) in [5, 5.41) is 2.85. The number of carbonyl (C=O) groups is 1. The predicted octanol–water partition coefficient (Wildman–Crippen LogP) is 3.40. The number of imidazole rings is 1. The van der Waals surface area contributed by atoms with E-state index in [1.807, 2.05) is 29.8 Å². The van der Waals surface area contributed by atoms with Gasteiger partial charge in [0.15, 0.2) is 9.84 Å². The molecular weight excluding hydrogens is 374 g/mol. The van der Waals surface area contributed by atoms with Gasteiger partial charge in [0.1, 0.15) is 0 Å². The maximum Gasteiger partial charge on any atom is 0.257 e. The van der Waals surface area contributed by atoms with Crippen LogP contribution in [0.25, 0.3) is 11.3 Å². The van der Waals surface area contributed by atoms with E-state index in [0.29, 0.717) is 5.69 Å². The fraction of sp³-hybridized carbons (Fsp3) is 0.111. The second-order valence-corrected chi connectivity index (χ2v) is 8.26. The Hall–Kier alpha value is -2.64. The van der Waals surface area contributed by atoms with Crippen LogP contribution in [0, 0.1) is 0 Å². The van der Waals surface area contributed by atoms with E-state index < -0.39 is 15.7 Å². The van der Waals surface area contributed by atoms with Gasteiger partial charge in [-0.25, -0.2) is 13.4 Å². The van der Waals surface area contributed by atoms with Gasteiger partial charge in [-0.15, -0.1) is 0 Å². The van der Waals surface area contributed by atoms with Crippen LogP contribution in [-0.2, 0) is 16.9 Å². The van der Waals surface area contributed by atoms with Gasteiger partial charge in [0.05, 0.1) is 33.7 Å². The van der Waals surface area contributed by atoms with Crippen LogP contribution in [0.2, 0.25) is 5.02 Å². The Morgan fingerprint density at radius 1 is 1.19 bits per heavy atom. The SMILES string of the molecule is Cn1cncc1-c1cccc(NC(=O)c2ccc(S(C)(=O)=O)cc2Cl)c1. The van der Waals surface area contributed by atoms with Gasteiger partial charge < -0.3 is 9.88 Å². The monoisotopic (exact) mass is 389 g/mol. The summed E-state index contributed by atoms with van der Waals surface area (Å²) in [6.45, 7) is 0. The molecule has 0 saturated carbocycles. The molecule has 0 spiro atoms. The van der Waals surface area contributed by atoms with Crippen LogP contribution < -0.4 is 5.32 Å². The van der Waals surface area contributed by atoms with Crippen molar-refractivity contribution in [1.29, 1.82) is 0 Å². The van der Waals surface area contributed by atoms with E-state index in [1.165, 1.54) is 18.2 Å². The van der Waals surface area contributed by atoms with Crippen LogP contribution in [0.4, 0.5) is 5.69 Å². The van der Waals surface area contributed by atoms with Crippen molar-refractivity contribution in [1.82, 2.24) is 9.55 Å². The molecule has 3 rings (SSSR count). The number of benzene rings is 2. The molecule has 134 valence electrons. The molecule has 3 aromatic rings. The highest BCUT2D eigenvalue weighted by molar-refractivity contribution is 7.90. The fourth-order valence-corrected chi connectivity index (χ4v) is 3.48. The van der Waals surface area contributed by atoms with Gasteiger partial charge in [-0.2, -0.15) is 0 Å². The third-order valence-electron chi connectivity index (χ3n) is 3.85. The third kappa shape index (κ3) is 3.79. The lowest BCUT2D eigenvalue weighted by Gasteiger charge is -2.10. The molecule has 0 radical (unpaired) electrons. The maximum absolute atomic E-state index is 12.5. The first-order valence-corrected chi connectivity index (χ1v) is 9.90. The molecule has 0 atom stereocenters. The van der Waals surface area contributed by atoms with Crippen molar-refractivity contribution >= 4 is 33.0 Å². The number of carbonyl (C=O) groups excluding carboxylic acids is 1. The number of hydrogen-bond acceptors (Lipinski definition) is 4. The molecule has 8 heteroatoms. The molecule has 6 nitrogen and oxygen atoms in total. The van der Waals surface area contributed by atoms with Crippen LogP contribution >= 0.6 is 11.6 Å². The van der Waals surface area contributed by atoms with Crippen molar-refractivity contribution in [3.8, 4) is 11.3 Å². The number of sulfone groups is 1. The summed E-state index contributed by atoms with van der Waals surface area (Å²) < 4.78 is 25.0. The smallest absolute Gasteiger partial charge is 0.257 e. The predicted molar refractivity (Wildman–Crippen MR) is 101 cm³/mol. The highest BCUT2D eigenvalue weighted by atomic mass is 35.5. The Morgan fingerprint density at radius 3 is 2.58 bits per heavy atom. The largest absolute Gasteiger partial charge is 0.334 e. The first-order chi connectivity index (χ1) is 12.3. The molecule has 2 aromatic carbocycles. The van der Waals surface area contributed by atoms with Gasteiger partial charge in [-0.05, 0) is 30.3 Å². The van der Waals surface area contributed by atoms with Crippen molar-refractivity contribution in [2.24, 2.45) is 7.05 Å². The summed E-state index contributed by atoms with van der Waals surface area (Å²) in [5.41, 5.74) is 2.61. The molecular formula is C18H16ClN3O3S. The fourth-order valence-electron chi connectivity index (χ4n) is 2.50. The Balaban J connectivity index is 1.86. The van der Waals surface area contributed by atoms with Gasteiger partial charge in [-0.3, -0.25) is 4.79 Å². The molecule has 0 bridgehead atoms. The molecule has 0 aliphatic carbocycles. The molecule has 0 fully saturated rings. The van der Waals surface area contributed by atoms with E-state index >= 15 is 0 Å². The van der Waals surface area contributed by atoms with E-state index in [0.717, 1.165) is 17.5 Å². The third-order valence-corrected chi connectivity index (χ3v) is 5.27. The Bertz CT molecular complexity index is 1090. The molecule has 1 aromatic heterocycles. The lowest BCUT2D eigenvalue weighted by atomic mass is 10.1. The van der Waals surface area contributed by atoms with Crippen molar-refractivity contribution in [3.05, 3.63) is 65.6 Å². The minimum atomic E-state index is -3.39. The highest BCUT2D eigenvalue weighted by Crippen LogP contribution is 2.24. The van der Waals surface area contributed by atoms with Crippen LogP contribution in [0.1, 0.15) is 10.4 Å². The zero-order valence-corrected chi connectivity index (χ0v) is 15.7. The number of nitrogens with one attached hydrogen (secondary N) is 1. The van der Waals surface area contributed by atoms with Crippen molar-refractivity contribution < 1.29 is 13.2 Å². The second kappa shape index (κ2) is 6.93. The minimum Gasteiger partial charge on any atom is -0.334 e. The molecule has 1 N–H and O–H groups in total. The van der Waals surface area contributed by atoms with E-state index in [1.54, 1.807) is 18.6 Å². The minimum absolute atomic E-state index is 0.0669. The number of nitrogens with zero attached hydrogens (tertiary/aromatic N) is 2. The van der Waals surface area contributed by atoms with Gasteiger partial charge in [0, 0.05) is 24.6 Å². The molecule has 0 aliphatic rings. The summed E-state index contributed by atoms with van der Waals surface area (Å²) >= 11 is 6.09. The lowest BCUT2D eigenvalue weighted by Crippen LogP contribution is -2.13. The number of anilines is 1. The number of rotatable bonds is 4. The summed E-state index contributed by atoms with van der Waals surface area (Å²) in [5.74, 6) is -0.419. The first-order valence-electron chi connectivity index (χ1n) is 7.63. The van der Waals surface area contributed by atoms with Crippen LogP contribution in [0.15, 0.2) is 59.9 Å². The van der Waals surface area contributed by atoms with E-state index in [4.69, 9.17) is 11.6 Å². The summed E-state index contributed by atoms with van der Waals surface area (Å²) in [6.07, 6.45) is 4.52. The normalized spacial score (nSPS) is 11.3. The maximum atomic E-state index is 12.5. The second-order valence-electron chi connectivity index (χ2n) is 5.84. The molecule has 0 aliphatic heterocycles. The Morgan fingerprint density at radius 2 is 1.96 bits per heavy atom. The zero-order chi connectivity index (χ0) is 18.9. The standard InChI is InChI=1S/C18H16ClN3O3S/c1-22-11-20-10-17(22)12-4-3-5-13(8-12)21-18(23)15-7-6-14(9-16(15)19)26(2,24)25/h3-11H,1-2H3,(H,21,23). The van der Waals surface area contributed by atoms with E-state index in [2.05, 4.69) is 10.3 Å². The quantitative estimate of drug-likeness (QED) is 0.741. The Labute approximate surface area is 156 Å². The Kier molecular flexibility index (Phi) is 4.84. The molecule has 0 unspecified atom stereocenters. The van der Waals surface area contributed by atoms with Crippen molar-refractivity contribution in [2.45, 2.75) is 4.90 Å². The van der Waals surface area contributed by atoms with Gasteiger partial charge in [0.2, 0.25) is 0 Å². The summed E-state index contributed by atoms with van der Waals surface area (Å²) in [4.78, 5) is 16.6. The number of amides is 1. The zero-order valence-electron chi connectivity index (χ0n) is 14.1. The first kappa shape index (κ1) is 18.2. The van der Waals surface area contributed by atoms with Gasteiger partial charge in [-0.1, -0.05) is 23.7 Å². The summed E-state index contributed by atoms with van der Waals surface area (Å²) in [7, 11) is -1.50. The van der Waals surface area contributed by atoms with E-state index in [9.17, 15) is 13.2 Å². The molecule has 1 heterocycles. The topological polar surface area (TPSA) is 81.1 Å². The van der Waals surface area contributed by atoms with Gasteiger partial charge in [0.25, 0.3) is 5.91 Å². The summed E-state index contributed by atoms with van der Waals surface area (Å²) in [6, 6.07) is 11.4. The average Bonchev–Trinajstić information content (AvgIpc) is 3.00. The van der Waals surface area contributed by atoms with Crippen molar-refractivity contribution in [2.75, 3.05) is 11.6 Å².